The second-order valence-electron chi connectivity index (χ2n) is 5.35. The van der Waals surface area contributed by atoms with Crippen LogP contribution in [0.5, 0.6) is 0 Å². The molecule has 0 aliphatic carbocycles. The number of piperazine rings is 1. The number of aromatic nitrogens is 2. The number of benzene rings is 1. The number of nitrogens with zero attached hydrogens (tertiary/aromatic N) is 3. The van der Waals surface area contributed by atoms with Gasteiger partial charge in [-0.05, 0) is 24.6 Å². The first-order valence-corrected chi connectivity index (χ1v) is 8.12. The van der Waals surface area contributed by atoms with Crippen molar-refractivity contribution in [2.75, 3.05) is 32.7 Å². The number of aryl methyl sites for hydroxylation is 1. The Kier molecular flexibility index (Phi) is 4.67. The Hall–Kier alpha value is -1.24. The molecule has 1 aliphatic heterocycles. The molecule has 0 spiro atoms. The zero-order valence-electron chi connectivity index (χ0n) is 11.9. The molecule has 0 radical (unpaired) electrons. The summed E-state index contributed by atoms with van der Waals surface area (Å²) in [6.45, 7) is 6.00. The molecule has 1 saturated heterocycles. The van der Waals surface area contributed by atoms with Gasteiger partial charge in [-0.2, -0.15) is 5.10 Å². The van der Waals surface area contributed by atoms with Crippen LogP contribution < -0.4 is 10.9 Å². The van der Waals surface area contributed by atoms with Crippen LogP contribution in [0.4, 0.5) is 0 Å². The Labute approximate surface area is 132 Å². The van der Waals surface area contributed by atoms with Crippen molar-refractivity contribution in [2.24, 2.45) is 0 Å². The number of halogens is 1. The molecule has 0 atom stereocenters. The summed E-state index contributed by atoms with van der Waals surface area (Å²) in [5.41, 5.74) is 0.000288. The maximum absolute atomic E-state index is 12.4. The molecule has 5 nitrogen and oxygen atoms in total. The van der Waals surface area contributed by atoms with Gasteiger partial charge in [-0.1, -0.05) is 15.9 Å². The molecule has 0 amide bonds. The normalized spacial score (nSPS) is 16.4. The van der Waals surface area contributed by atoms with E-state index in [1.165, 1.54) is 0 Å². The molecular weight excluding hydrogens is 332 g/mol. The van der Waals surface area contributed by atoms with Gasteiger partial charge in [-0.15, -0.1) is 0 Å². The fourth-order valence-electron chi connectivity index (χ4n) is 2.70. The first-order chi connectivity index (χ1) is 10.2. The molecular formula is C15H19BrN4O. The molecule has 1 aliphatic rings. The predicted molar refractivity (Wildman–Crippen MR) is 87.6 cm³/mol. The van der Waals surface area contributed by atoms with Crippen LogP contribution >= 0.6 is 15.9 Å². The Bertz CT molecular complexity index is 679. The average Bonchev–Trinajstić information content (AvgIpc) is 2.50. The Morgan fingerprint density at radius 3 is 2.86 bits per heavy atom. The topological polar surface area (TPSA) is 50.2 Å². The number of fused-ring (bicyclic) bond motifs is 1. The van der Waals surface area contributed by atoms with Gasteiger partial charge in [0.15, 0.2) is 0 Å². The molecule has 3 rings (SSSR count). The van der Waals surface area contributed by atoms with Gasteiger partial charge in [0.05, 0.1) is 11.6 Å². The molecule has 1 N–H and O–H groups in total. The van der Waals surface area contributed by atoms with Crippen molar-refractivity contribution in [3.05, 3.63) is 39.2 Å². The van der Waals surface area contributed by atoms with Crippen molar-refractivity contribution in [3.8, 4) is 0 Å². The quantitative estimate of drug-likeness (QED) is 0.906. The molecule has 1 fully saturated rings. The zero-order chi connectivity index (χ0) is 14.7. The highest BCUT2D eigenvalue weighted by molar-refractivity contribution is 9.10. The minimum Gasteiger partial charge on any atom is -0.314 e. The van der Waals surface area contributed by atoms with E-state index in [4.69, 9.17) is 0 Å². The summed E-state index contributed by atoms with van der Waals surface area (Å²) in [7, 11) is 0. The van der Waals surface area contributed by atoms with Gasteiger partial charge in [-0.3, -0.25) is 4.79 Å². The SMILES string of the molecule is O=c1c2ccc(Br)cc2cnn1CCCN1CCNCC1. The van der Waals surface area contributed by atoms with Crippen molar-refractivity contribution >= 4 is 26.7 Å². The van der Waals surface area contributed by atoms with Crippen LogP contribution in [0.15, 0.2) is 33.7 Å². The first kappa shape index (κ1) is 14.7. The number of rotatable bonds is 4. The highest BCUT2D eigenvalue weighted by Gasteiger charge is 2.09. The van der Waals surface area contributed by atoms with Gasteiger partial charge in [0.1, 0.15) is 0 Å². The van der Waals surface area contributed by atoms with Gasteiger partial charge in [0.2, 0.25) is 0 Å². The molecule has 1 aromatic heterocycles. The van der Waals surface area contributed by atoms with E-state index in [-0.39, 0.29) is 5.56 Å². The molecule has 1 aromatic carbocycles. The summed E-state index contributed by atoms with van der Waals surface area (Å²) in [5, 5.41) is 9.24. The lowest BCUT2D eigenvalue weighted by Crippen LogP contribution is -2.44. The summed E-state index contributed by atoms with van der Waals surface area (Å²) in [5.74, 6) is 0. The third kappa shape index (κ3) is 3.51. The van der Waals surface area contributed by atoms with Crippen LogP contribution in [0.3, 0.4) is 0 Å². The minimum absolute atomic E-state index is 0.000288. The van der Waals surface area contributed by atoms with Crippen molar-refractivity contribution in [3.63, 3.8) is 0 Å². The van der Waals surface area contributed by atoms with Crippen molar-refractivity contribution in [2.45, 2.75) is 13.0 Å². The molecule has 21 heavy (non-hydrogen) atoms. The van der Waals surface area contributed by atoms with Gasteiger partial charge >= 0.3 is 0 Å². The maximum Gasteiger partial charge on any atom is 0.274 e. The number of hydrogen-bond donors (Lipinski definition) is 1. The monoisotopic (exact) mass is 350 g/mol. The molecule has 0 saturated carbocycles. The van der Waals surface area contributed by atoms with Crippen LogP contribution in [0, 0.1) is 0 Å². The van der Waals surface area contributed by atoms with E-state index in [1.807, 2.05) is 18.2 Å². The fourth-order valence-corrected chi connectivity index (χ4v) is 3.08. The lowest BCUT2D eigenvalue weighted by atomic mass is 10.2. The molecule has 2 heterocycles. The summed E-state index contributed by atoms with van der Waals surface area (Å²) in [6.07, 6.45) is 2.72. The van der Waals surface area contributed by atoms with E-state index in [1.54, 1.807) is 10.9 Å². The summed E-state index contributed by atoms with van der Waals surface area (Å²) < 4.78 is 2.55. The lowest BCUT2D eigenvalue weighted by molar-refractivity contribution is 0.233. The lowest BCUT2D eigenvalue weighted by Gasteiger charge is -2.27. The van der Waals surface area contributed by atoms with Crippen molar-refractivity contribution in [1.82, 2.24) is 20.0 Å². The van der Waals surface area contributed by atoms with E-state index in [9.17, 15) is 4.79 Å². The van der Waals surface area contributed by atoms with Gasteiger partial charge in [0, 0.05) is 49.1 Å². The third-order valence-electron chi connectivity index (χ3n) is 3.87. The largest absolute Gasteiger partial charge is 0.314 e. The third-order valence-corrected chi connectivity index (χ3v) is 4.36. The van der Waals surface area contributed by atoms with Gasteiger partial charge < -0.3 is 10.2 Å². The zero-order valence-corrected chi connectivity index (χ0v) is 13.5. The highest BCUT2D eigenvalue weighted by Crippen LogP contribution is 2.15. The van der Waals surface area contributed by atoms with Gasteiger partial charge in [0.25, 0.3) is 5.56 Å². The molecule has 6 heteroatoms. The molecule has 0 unspecified atom stereocenters. The minimum atomic E-state index is 0.000288. The van der Waals surface area contributed by atoms with E-state index >= 15 is 0 Å². The van der Waals surface area contributed by atoms with Crippen molar-refractivity contribution < 1.29 is 0 Å². The highest BCUT2D eigenvalue weighted by atomic mass is 79.9. The summed E-state index contributed by atoms with van der Waals surface area (Å²) >= 11 is 3.41. The van der Waals surface area contributed by atoms with E-state index in [0.29, 0.717) is 6.54 Å². The molecule has 0 bridgehead atoms. The van der Waals surface area contributed by atoms with Crippen molar-refractivity contribution in [1.29, 1.82) is 0 Å². The smallest absolute Gasteiger partial charge is 0.274 e. The Morgan fingerprint density at radius 2 is 2.05 bits per heavy atom. The summed E-state index contributed by atoms with van der Waals surface area (Å²) in [6, 6.07) is 5.68. The predicted octanol–water partition coefficient (Wildman–Crippen LogP) is 1.45. The number of nitrogens with one attached hydrogen (secondary N) is 1. The standard InChI is InChI=1S/C15H19BrN4O/c16-13-2-3-14-12(10-13)11-18-20(15(14)21)7-1-6-19-8-4-17-5-9-19/h2-3,10-11,17H,1,4-9H2. The van der Waals surface area contributed by atoms with Crippen LogP contribution in [-0.2, 0) is 6.54 Å². The fraction of sp³-hybridized carbons (Fsp3) is 0.467. The molecule has 2 aromatic rings. The maximum atomic E-state index is 12.4. The molecule has 112 valence electrons. The van der Waals surface area contributed by atoms with E-state index in [0.717, 1.165) is 54.4 Å². The summed E-state index contributed by atoms with van der Waals surface area (Å²) in [4.78, 5) is 14.8. The Balaban J connectivity index is 1.68. The van der Waals surface area contributed by atoms with Crippen LogP contribution in [0.2, 0.25) is 0 Å². The Morgan fingerprint density at radius 1 is 1.24 bits per heavy atom. The van der Waals surface area contributed by atoms with Gasteiger partial charge in [-0.25, -0.2) is 4.68 Å². The first-order valence-electron chi connectivity index (χ1n) is 7.32. The van der Waals surface area contributed by atoms with Crippen LogP contribution in [-0.4, -0.2) is 47.4 Å². The second kappa shape index (κ2) is 6.68. The van der Waals surface area contributed by atoms with E-state index in [2.05, 4.69) is 31.2 Å². The average molecular weight is 351 g/mol. The van der Waals surface area contributed by atoms with Crippen LogP contribution in [0.25, 0.3) is 10.8 Å². The van der Waals surface area contributed by atoms with E-state index < -0.39 is 0 Å². The van der Waals surface area contributed by atoms with Crippen LogP contribution in [0.1, 0.15) is 6.42 Å². The second-order valence-corrected chi connectivity index (χ2v) is 6.27. The number of hydrogen-bond acceptors (Lipinski definition) is 4.